The number of ether oxygens (including phenoxy) is 2. The van der Waals surface area contributed by atoms with Crippen LogP contribution in [0.15, 0.2) is 23.8 Å². The zero-order valence-corrected chi connectivity index (χ0v) is 29.7. The molecular weight excluding hydrogens is 514 g/mol. The lowest BCUT2D eigenvalue weighted by atomic mass is 9.36. The molecule has 2 bridgehead atoms. The van der Waals surface area contributed by atoms with E-state index >= 15 is 0 Å². The average Bonchev–Trinajstić information content (AvgIpc) is 2.91. The maximum atomic E-state index is 6.87. The first-order valence-corrected chi connectivity index (χ1v) is 17.7. The van der Waals surface area contributed by atoms with Crippen molar-refractivity contribution in [3.8, 4) is 0 Å². The Kier molecular flexibility index (Phi) is 8.15. The van der Waals surface area contributed by atoms with Crippen molar-refractivity contribution in [2.45, 2.75) is 152 Å². The lowest BCUT2D eigenvalue weighted by molar-refractivity contribution is -0.226. The highest BCUT2D eigenvalue weighted by molar-refractivity contribution is 5.36. The Morgan fingerprint density at radius 2 is 1.74 bits per heavy atom. The van der Waals surface area contributed by atoms with Gasteiger partial charge in [-0.3, -0.25) is 0 Å². The number of hydrogen-bond acceptors (Lipinski definition) is 3. The molecule has 4 aliphatic carbocycles. The molecule has 0 aromatic rings. The fraction of sp³-hybridized carbons (Fsp3) is 0.897. The van der Waals surface area contributed by atoms with Crippen LogP contribution in [0, 0.1) is 56.2 Å². The van der Waals surface area contributed by atoms with Crippen LogP contribution in [0.3, 0.4) is 0 Å². The second kappa shape index (κ2) is 10.4. The summed E-state index contributed by atoms with van der Waals surface area (Å²) in [4.78, 5) is 0. The maximum absolute atomic E-state index is 6.87. The molecule has 3 nitrogen and oxygen atoms in total. The largest absolute Gasteiger partial charge is 0.377 e. The van der Waals surface area contributed by atoms with E-state index in [9.17, 15) is 0 Å². The van der Waals surface area contributed by atoms with Crippen molar-refractivity contribution in [3.05, 3.63) is 23.8 Å². The van der Waals surface area contributed by atoms with Crippen molar-refractivity contribution in [2.75, 3.05) is 13.2 Å². The van der Waals surface area contributed by atoms with Gasteiger partial charge in [-0.1, -0.05) is 93.0 Å². The van der Waals surface area contributed by atoms with Gasteiger partial charge in [-0.05, 0) is 111 Å². The first-order chi connectivity index (χ1) is 19.3. The summed E-state index contributed by atoms with van der Waals surface area (Å²) in [5.41, 5.74) is 9.26. The number of nitrogens with two attached hydrogens (primary N) is 1. The molecule has 1 aliphatic heterocycles. The first-order valence-electron chi connectivity index (χ1n) is 17.7. The molecule has 5 aliphatic rings. The Morgan fingerprint density at radius 1 is 1.05 bits per heavy atom. The van der Waals surface area contributed by atoms with Gasteiger partial charge < -0.3 is 15.2 Å². The zero-order valence-electron chi connectivity index (χ0n) is 29.7. The predicted molar refractivity (Wildman–Crippen MR) is 177 cm³/mol. The molecule has 3 heteroatoms. The first kappa shape index (κ1) is 32.7. The molecule has 6 unspecified atom stereocenters. The fourth-order valence-electron chi connectivity index (χ4n) is 11.2. The van der Waals surface area contributed by atoms with E-state index in [-0.39, 0.29) is 34.0 Å². The average molecular weight is 582 g/mol. The van der Waals surface area contributed by atoms with Crippen LogP contribution < -0.4 is 5.73 Å². The van der Waals surface area contributed by atoms with Gasteiger partial charge in [0.05, 0.1) is 25.4 Å². The van der Waals surface area contributed by atoms with E-state index in [0.29, 0.717) is 34.7 Å². The summed E-state index contributed by atoms with van der Waals surface area (Å²) in [5, 5.41) is 0. The lowest BCUT2D eigenvalue weighted by Gasteiger charge is -2.69. The van der Waals surface area contributed by atoms with E-state index in [1.165, 1.54) is 44.9 Å². The maximum Gasteiger partial charge on any atom is 0.0652 e. The molecule has 1 spiro atoms. The van der Waals surface area contributed by atoms with Crippen LogP contribution in [0.1, 0.15) is 134 Å². The number of allylic oxidation sites excluding steroid dienone is 3. The number of hydrogen-bond donors (Lipinski definition) is 1. The van der Waals surface area contributed by atoms with Gasteiger partial charge in [0.1, 0.15) is 0 Å². The highest BCUT2D eigenvalue weighted by Gasteiger charge is 2.67. The van der Waals surface area contributed by atoms with Gasteiger partial charge in [0.25, 0.3) is 0 Å². The van der Waals surface area contributed by atoms with Crippen LogP contribution in [0.25, 0.3) is 0 Å². The zero-order chi connectivity index (χ0) is 31.1. The Morgan fingerprint density at radius 3 is 2.36 bits per heavy atom. The van der Waals surface area contributed by atoms with Crippen LogP contribution in [0.4, 0.5) is 0 Å². The quantitative estimate of drug-likeness (QED) is 0.304. The van der Waals surface area contributed by atoms with E-state index in [4.69, 9.17) is 15.2 Å². The van der Waals surface area contributed by atoms with Crippen molar-refractivity contribution in [1.82, 2.24) is 0 Å². The molecule has 0 radical (unpaired) electrons. The molecule has 11 atom stereocenters. The minimum Gasteiger partial charge on any atom is -0.377 e. The van der Waals surface area contributed by atoms with Crippen LogP contribution in [0.5, 0.6) is 0 Å². The molecule has 2 saturated carbocycles. The van der Waals surface area contributed by atoms with Crippen LogP contribution >= 0.6 is 0 Å². The summed E-state index contributed by atoms with van der Waals surface area (Å²) in [6, 6.07) is 0. The Balaban J connectivity index is 1.49. The van der Waals surface area contributed by atoms with E-state index in [1.54, 1.807) is 5.57 Å². The van der Waals surface area contributed by atoms with E-state index in [2.05, 4.69) is 101 Å². The Hall–Kier alpha value is -0.640. The lowest BCUT2D eigenvalue weighted by Crippen LogP contribution is -2.65. The topological polar surface area (TPSA) is 44.5 Å². The smallest absolute Gasteiger partial charge is 0.0652 e. The van der Waals surface area contributed by atoms with Gasteiger partial charge in [-0.15, -0.1) is 0 Å². The highest BCUT2D eigenvalue weighted by atomic mass is 16.5. The van der Waals surface area contributed by atoms with Crippen LogP contribution in [-0.2, 0) is 9.47 Å². The van der Waals surface area contributed by atoms with E-state index in [1.807, 2.05) is 0 Å². The summed E-state index contributed by atoms with van der Waals surface area (Å²) in [7, 11) is 0. The summed E-state index contributed by atoms with van der Waals surface area (Å²) in [5.74, 6) is 2.71. The Bertz CT molecular complexity index is 1080. The molecule has 42 heavy (non-hydrogen) atoms. The minimum atomic E-state index is -0.383. The van der Waals surface area contributed by atoms with Crippen molar-refractivity contribution < 1.29 is 9.47 Å². The molecule has 240 valence electrons. The van der Waals surface area contributed by atoms with Gasteiger partial charge in [-0.2, -0.15) is 0 Å². The molecule has 1 saturated heterocycles. The van der Waals surface area contributed by atoms with Gasteiger partial charge in [0, 0.05) is 16.4 Å². The Labute approximate surface area is 260 Å². The summed E-state index contributed by atoms with van der Waals surface area (Å²) in [6.45, 7) is 30.1. The SMILES string of the molecule is CCC(OC[C@](C)(N)C(C)(C)C)[C@@]1(C)COC(C)C2(C)C3=CC[C@]45C=CC[C@]([C@H](C)C(C)C)(CCC4(C)C3CCC21)C5. The molecular formula is C39H67NO2. The highest BCUT2D eigenvalue weighted by Crippen LogP contribution is 2.74. The standard InChI is InChI=1S/C39H67NO2/c1-13-32(42-25-36(11,40)33(6,7)8)34(9)24-41-28(5)37(12)30-17-20-39-19-14-18-38(23-39,27(4)26(2)3)22-21-35(39,10)29(30)15-16-31(34)37/h14,17,19,26-29,31-32H,13,15-16,18,20-25,40H2,1-12H3/t27-,28?,29?,31?,32?,34+,35?,36+,37?,38+,39+/m1/s1. The van der Waals surface area contributed by atoms with Crippen molar-refractivity contribution >= 4 is 0 Å². The fourth-order valence-corrected chi connectivity index (χ4v) is 11.2. The second-order valence-corrected chi connectivity index (χ2v) is 18.4. The molecule has 3 fully saturated rings. The molecule has 2 N–H and O–H groups in total. The summed E-state index contributed by atoms with van der Waals surface area (Å²) >= 11 is 0. The van der Waals surface area contributed by atoms with Crippen molar-refractivity contribution in [2.24, 2.45) is 61.9 Å². The third-order valence-electron chi connectivity index (χ3n) is 15.5. The van der Waals surface area contributed by atoms with Crippen LogP contribution in [0.2, 0.25) is 0 Å². The molecule has 5 rings (SSSR count). The molecule has 0 aromatic heterocycles. The van der Waals surface area contributed by atoms with E-state index in [0.717, 1.165) is 24.9 Å². The van der Waals surface area contributed by atoms with Gasteiger partial charge in [0.15, 0.2) is 0 Å². The summed E-state index contributed by atoms with van der Waals surface area (Å²) in [6.07, 6.45) is 18.6. The van der Waals surface area contributed by atoms with Gasteiger partial charge >= 0.3 is 0 Å². The predicted octanol–water partition coefficient (Wildman–Crippen LogP) is 9.75. The second-order valence-electron chi connectivity index (χ2n) is 18.4. The van der Waals surface area contributed by atoms with Crippen molar-refractivity contribution in [3.63, 3.8) is 0 Å². The van der Waals surface area contributed by atoms with Gasteiger partial charge in [0.2, 0.25) is 0 Å². The third-order valence-corrected chi connectivity index (χ3v) is 15.5. The van der Waals surface area contributed by atoms with Crippen LogP contribution in [-0.4, -0.2) is 31.0 Å². The monoisotopic (exact) mass is 582 g/mol. The molecule has 0 amide bonds. The minimum absolute atomic E-state index is 0.0211. The summed E-state index contributed by atoms with van der Waals surface area (Å²) < 4.78 is 13.7. The van der Waals surface area contributed by atoms with E-state index < -0.39 is 0 Å². The molecule has 1 heterocycles. The number of rotatable bonds is 7. The normalized spacial score (nSPS) is 46.1. The molecule has 0 aromatic carbocycles. The van der Waals surface area contributed by atoms with Crippen molar-refractivity contribution in [1.29, 1.82) is 0 Å². The third kappa shape index (κ3) is 4.51. The van der Waals surface area contributed by atoms with Gasteiger partial charge in [-0.25, -0.2) is 0 Å². The number of fused-ring (bicyclic) bond motifs is 5.